The molecule has 1 heteroatoms. The molecule has 0 aromatic heterocycles. The van der Waals surface area contributed by atoms with E-state index in [-0.39, 0.29) is 0 Å². The van der Waals surface area contributed by atoms with Crippen molar-refractivity contribution < 1.29 is 5.11 Å². The van der Waals surface area contributed by atoms with Gasteiger partial charge in [0.2, 0.25) is 0 Å². The highest BCUT2D eigenvalue weighted by atomic mass is 16.3. The number of hydrogen-bond donors (Lipinski definition) is 1. The predicted octanol–water partition coefficient (Wildman–Crippen LogP) is 4.31. The van der Waals surface area contributed by atoms with Crippen molar-refractivity contribution in [3.8, 4) is 11.8 Å². The van der Waals surface area contributed by atoms with Gasteiger partial charge < -0.3 is 5.11 Å². The van der Waals surface area contributed by atoms with Crippen LogP contribution in [0, 0.1) is 11.8 Å². The fourth-order valence-electron chi connectivity index (χ4n) is 2.12. The molecular weight excluding hydrogens is 244 g/mol. The van der Waals surface area contributed by atoms with Crippen molar-refractivity contribution in [2.75, 3.05) is 0 Å². The standard InChI is InChI=1S/C19H20O/c1-2-3-13-19(20)18-12-8-7-11-17(18)15-14-16-9-5-4-6-10-16/h4-12,19-20H,2-3,13H2,1H3. The van der Waals surface area contributed by atoms with Gasteiger partial charge in [-0.15, -0.1) is 0 Å². The maximum Gasteiger partial charge on any atom is 0.0802 e. The molecule has 0 radical (unpaired) electrons. The summed E-state index contributed by atoms with van der Waals surface area (Å²) in [5.74, 6) is 6.33. The van der Waals surface area contributed by atoms with Gasteiger partial charge in [0.15, 0.2) is 0 Å². The second-order valence-electron chi connectivity index (χ2n) is 4.86. The van der Waals surface area contributed by atoms with E-state index in [1.165, 1.54) is 0 Å². The average Bonchev–Trinajstić information content (AvgIpc) is 2.52. The highest BCUT2D eigenvalue weighted by Gasteiger charge is 2.09. The van der Waals surface area contributed by atoms with Gasteiger partial charge in [0.05, 0.1) is 6.10 Å². The summed E-state index contributed by atoms with van der Waals surface area (Å²) >= 11 is 0. The van der Waals surface area contributed by atoms with Crippen molar-refractivity contribution in [2.24, 2.45) is 0 Å². The molecule has 1 unspecified atom stereocenters. The van der Waals surface area contributed by atoms with Gasteiger partial charge in [-0.05, 0) is 30.2 Å². The van der Waals surface area contributed by atoms with E-state index >= 15 is 0 Å². The summed E-state index contributed by atoms with van der Waals surface area (Å²) in [7, 11) is 0. The zero-order chi connectivity index (χ0) is 14.2. The lowest BCUT2D eigenvalue weighted by atomic mass is 9.98. The van der Waals surface area contributed by atoms with Crippen molar-refractivity contribution in [2.45, 2.75) is 32.3 Å². The molecule has 2 aromatic carbocycles. The SMILES string of the molecule is CCCCC(O)c1ccccc1C#Cc1ccccc1. The van der Waals surface area contributed by atoms with Crippen molar-refractivity contribution in [3.05, 3.63) is 71.3 Å². The van der Waals surface area contributed by atoms with E-state index in [4.69, 9.17) is 0 Å². The summed E-state index contributed by atoms with van der Waals surface area (Å²) in [6, 6.07) is 17.8. The van der Waals surface area contributed by atoms with E-state index in [9.17, 15) is 5.11 Å². The van der Waals surface area contributed by atoms with Crippen LogP contribution in [0.4, 0.5) is 0 Å². The summed E-state index contributed by atoms with van der Waals surface area (Å²) in [6.45, 7) is 2.13. The van der Waals surface area contributed by atoms with E-state index in [0.29, 0.717) is 0 Å². The summed E-state index contributed by atoms with van der Waals surface area (Å²) < 4.78 is 0. The fraction of sp³-hybridized carbons (Fsp3) is 0.263. The minimum Gasteiger partial charge on any atom is -0.388 e. The van der Waals surface area contributed by atoms with Gasteiger partial charge in [-0.2, -0.15) is 0 Å². The van der Waals surface area contributed by atoms with E-state index in [1.807, 2.05) is 54.6 Å². The molecule has 20 heavy (non-hydrogen) atoms. The molecule has 0 amide bonds. The van der Waals surface area contributed by atoms with Gasteiger partial charge in [0.25, 0.3) is 0 Å². The van der Waals surface area contributed by atoms with Crippen molar-refractivity contribution >= 4 is 0 Å². The van der Waals surface area contributed by atoms with Gasteiger partial charge in [0, 0.05) is 11.1 Å². The molecule has 0 bridgehead atoms. The van der Waals surface area contributed by atoms with Crippen LogP contribution in [-0.4, -0.2) is 5.11 Å². The molecule has 0 spiro atoms. The van der Waals surface area contributed by atoms with Crippen LogP contribution in [-0.2, 0) is 0 Å². The first-order valence-corrected chi connectivity index (χ1v) is 7.15. The van der Waals surface area contributed by atoms with Crippen LogP contribution in [0.3, 0.4) is 0 Å². The van der Waals surface area contributed by atoms with Crippen molar-refractivity contribution in [3.63, 3.8) is 0 Å². The van der Waals surface area contributed by atoms with E-state index in [1.54, 1.807) is 0 Å². The highest BCUT2D eigenvalue weighted by molar-refractivity contribution is 5.47. The van der Waals surface area contributed by atoms with E-state index in [2.05, 4.69) is 18.8 Å². The Kier molecular flexibility index (Phi) is 5.41. The monoisotopic (exact) mass is 264 g/mol. The first kappa shape index (κ1) is 14.4. The Bertz CT molecular complexity index is 590. The smallest absolute Gasteiger partial charge is 0.0802 e. The van der Waals surface area contributed by atoms with Crippen molar-refractivity contribution in [1.82, 2.24) is 0 Å². The van der Waals surface area contributed by atoms with Gasteiger partial charge in [0.1, 0.15) is 0 Å². The maximum absolute atomic E-state index is 10.3. The zero-order valence-electron chi connectivity index (χ0n) is 11.8. The summed E-state index contributed by atoms with van der Waals surface area (Å²) in [4.78, 5) is 0. The van der Waals surface area contributed by atoms with Gasteiger partial charge in [-0.3, -0.25) is 0 Å². The largest absolute Gasteiger partial charge is 0.388 e. The Hall–Kier alpha value is -2.04. The van der Waals surface area contributed by atoms with Crippen LogP contribution in [0.2, 0.25) is 0 Å². The summed E-state index contributed by atoms with van der Waals surface area (Å²) in [6.07, 6.45) is 2.49. The number of benzene rings is 2. The Morgan fingerprint density at radius 2 is 1.65 bits per heavy atom. The number of aliphatic hydroxyl groups excluding tert-OH is 1. The third-order valence-electron chi connectivity index (χ3n) is 3.27. The van der Waals surface area contributed by atoms with Crippen LogP contribution in [0.1, 0.15) is 49.0 Å². The number of rotatable bonds is 4. The molecule has 0 saturated carbocycles. The molecule has 0 aliphatic rings. The molecule has 0 fully saturated rings. The van der Waals surface area contributed by atoms with Gasteiger partial charge >= 0.3 is 0 Å². The lowest BCUT2D eigenvalue weighted by Gasteiger charge is -2.12. The number of aliphatic hydroxyl groups is 1. The first-order valence-electron chi connectivity index (χ1n) is 7.15. The van der Waals surface area contributed by atoms with Crippen LogP contribution in [0.5, 0.6) is 0 Å². The van der Waals surface area contributed by atoms with Crippen LogP contribution in [0.15, 0.2) is 54.6 Å². The lowest BCUT2D eigenvalue weighted by Crippen LogP contribution is -2.00. The number of hydrogen-bond acceptors (Lipinski definition) is 1. The Morgan fingerprint density at radius 1 is 0.950 bits per heavy atom. The summed E-state index contributed by atoms with van der Waals surface area (Å²) in [5, 5.41) is 10.3. The van der Waals surface area contributed by atoms with Crippen LogP contribution >= 0.6 is 0 Å². The quantitative estimate of drug-likeness (QED) is 0.816. The minimum atomic E-state index is -0.420. The second kappa shape index (κ2) is 7.53. The number of unbranched alkanes of at least 4 members (excludes halogenated alkanes) is 1. The molecule has 2 rings (SSSR count). The lowest BCUT2D eigenvalue weighted by molar-refractivity contribution is 0.164. The Balaban J connectivity index is 2.22. The Morgan fingerprint density at radius 3 is 2.40 bits per heavy atom. The molecule has 1 atom stereocenters. The fourth-order valence-corrected chi connectivity index (χ4v) is 2.12. The summed E-state index contributed by atoms with van der Waals surface area (Å²) in [5.41, 5.74) is 2.84. The molecule has 0 aliphatic heterocycles. The molecule has 1 nitrogen and oxygen atoms in total. The molecule has 0 heterocycles. The topological polar surface area (TPSA) is 20.2 Å². The van der Waals surface area contributed by atoms with E-state index < -0.39 is 6.10 Å². The van der Waals surface area contributed by atoms with E-state index in [0.717, 1.165) is 36.0 Å². The predicted molar refractivity (Wildman–Crippen MR) is 83.3 cm³/mol. The highest BCUT2D eigenvalue weighted by Crippen LogP contribution is 2.22. The van der Waals surface area contributed by atoms with Crippen molar-refractivity contribution in [1.29, 1.82) is 0 Å². The molecular formula is C19H20O. The average molecular weight is 264 g/mol. The normalized spacial score (nSPS) is 11.5. The van der Waals surface area contributed by atoms with Crippen LogP contribution < -0.4 is 0 Å². The molecule has 102 valence electrons. The molecule has 2 aromatic rings. The van der Waals surface area contributed by atoms with Crippen LogP contribution in [0.25, 0.3) is 0 Å². The molecule has 1 N–H and O–H groups in total. The molecule has 0 aliphatic carbocycles. The molecule has 0 saturated heterocycles. The Labute approximate surface area is 121 Å². The van der Waals surface area contributed by atoms with Gasteiger partial charge in [-0.1, -0.05) is 68.0 Å². The zero-order valence-corrected chi connectivity index (χ0v) is 11.8. The van der Waals surface area contributed by atoms with Gasteiger partial charge in [-0.25, -0.2) is 0 Å². The second-order valence-corrected chi connectivity index (χ2v) is 4.86. The third kappa shape index (κ3) is 3.98. The third-order valence-corrected chi connectivity index (χ3v) is 3.27. The maximum atomic E-state index is 10.3. The minimum absolute atomic E-state index is 0.420. The first-order chi connectivity index (χ1) is 9.81.